The fourth-order valence-corrected chi connectivity index (χ4v) is 1.62. The summed E-state index contributed by atoms with van der Waals surface area (Å²) in [4.78, 5) is 4.03. The van der Waals surface area contributed by atoms with Crippen LogP contribution in [-0.2, 0) is 0 Å². The SMILES string of the molecule is NC(=NC1CC1)Nc1c(F)cc(Br)cc1F. The number of hydrogen-bond acceptors (Lipinski definition) is 1. The molecule has 0 atom stereocenters. The van der Waals surface area contributed by atoms with Gasteiger partial charge in [0.1, 0.15) is 5.69 Å². The Bertz CT molecular complexity index is 421. The van der Waals surface area contributed by atoms with E-state index in [1.807, 2.05) is 0 Å². The lowest BCUT2D eigenvalue weighted by Crippen LogP contribution is -2.24. The van der Waals surface area contributed by atoms with Crippen LogP contribution in [0.15, 0.2) is 21.6 Å². The summed E-state index contributed by atoms with van der Waals surface area (Å²) in [6.45, 7) is 0. The van der Waals surface area contributed by atoms with Crippen molar-refractivity contribution >= 4 is 27.6 Å². The Balaban J connectivity index is 2.20. The number of nitrogens with zero attached hydrogens (tertiary/aromatic N) is 1. The Morgan fingerprint density at radius 2 is 1.94 bits per heavy atom. The zero-order valence-corrected chi connectivity index (χ0v) is 9.89. The molecule has 0 spiro atoms. The van der Waals surface area contributed by atoms with Gasteiger partial charge in [-0.25, -0.2) is 13.8 Å². The maximum atomic E-state index is 13.4. The van der Waals surface area contributed by atoms with Gasteiger partial charge in [0.05, 0.1) is 6.04 Å². The molecule has 0 aromatic heterocycles. The molecule has 0 radical (unpaired) electrons. The fraction of sp³-hybridized carbons (Fsp3) is 0.300. The number of guanidine groups is 1. The largest absolute Gasteiger partial charge is 0.370 e. The second kappa shape index (κ2) is 4.37. The molecule has 6 heteroatoms. The molecule has 1 saturated carbocycles. The van der Waals surface area contributed by atoms with Crippen molar-refractivity contribution in [2.24, 2.45) is 10.7 Å². The van der Waals surface area contributed by atoms with Crippen LogP contribution in [0, 0.1) is 11.6 Å². The van der Waals surface area contributed by atoms with Crippen molar-refractivity contribution in [1.82, 2.24) is 0 Å². The Labute approximate surface area is 99.9 Å². The molecule has 1 aromatic rings. The van der Waals surface area contributed by atoms with E-state index in [1.165, 1.54) is 0 Å². The molecule has 0 heterocycles. The van der Waals surface area contributed by atoms with Crippen LogP contribution >= 0.6 is 15.9 Å². The van der Waals surface area contributed by atoms with E-state index in [-0.39, 0.29) is 17.7 Å². The number of anilines is 1. The highest BCUT2D eigenvalue weighted by Gasteiger charge is 2.21. The number of benzene rings is 1. The van der Waals surface area contributed by atoms with Crippen LogP contribution in [0.3, 0.4) is 0 Å². The number of nitrogens with one attached hydrogen (secondary N) is 1. The number of halogens is 3. The van der Waals surface area contributed by atoms with Crippen LogP contribution < -0.4 is 11.1 Å². The average Bonchev–Trinajstić information content (AvgIpc) is 2.95. The molecule has 16 heavy (non-hydrogen) atoms. The van der Waals surface area contributed by atoms with E-state index < -0.39 is 11.6 Å². The molecule has 0 bridgehead atoms. The lowest BCUT2D eigenvalue weighted by atomic mass is 10.3. The Hall–Kier alpha value is -1.17. The van der Waals surface area contributed by atoms with Gasteiger partial charge in [0.15, 0.2) is 17.6 Å². The molecule has 0 unspecified atom stereocenters. The van der Waals surface area contributed by atoms with Gasteiger partial charge < -0.3 is 11.1 Å². The highest BCUT2D eigenvalue weighted by atomic mass is 79.9. The molecule has 1 aromatic carbocycles. The van der Waals surface area contributed by atoms with E-state index in [9.17, 15) is 8.78 Å². The first-order valence-corrected chi connectivity index (χ1v) is 5.60. The Morgan fingerprint density at radius 1 is 1.38 bits per heavy atom. The van der Waals surface area contributed by atoms with E-state index in [4.69, 9.17) is 5.73 Å². The first-order chi connectivity index (χ1) is 7.56. The summed E-state index contributed by atoms with van der Waals surface area (Å²) in [6, 6.07) is 2.53. The minimum absolute atomic E-state index is 0.0441. The smallest absolute Gasteiger partial charge is 0.193 e. The summed E-state index contributed by atoms with van der Waals surface area (Å²) in [5.74, 6) is -1.37. The molecule has 86 valence electrons. The summed E-state index contributed by atoms with van der Waals surface area (Å²) in [7, 11) is 0. The number of nitrogens with two attached hydrogens (primary N) is 1. The van der Waals surface area contributed by atoms with E-state index in [1.54, 1.807) is 0 Å². The van der Waals surface area contributed by atoms with Gasteiger partial charge in [-0.2, -0.15) is 0 Å². The molecule has 1 aliphatic carbocycles. The molecular formula is C10H10BrF2N3. The topological polar surface area (TPSA) is 50.4 Å². The van der Waals surface area contributed by atoms with Crippen molar-refractivity contribution in [2.45, 2.75) is 18.9 Å². The van der Waals surface area contributed by atoms with E-state index in [2.05, 4.69) is 26.2 Å². The van der Waals surface area contributed by atoms with Gasteiger partial charge in [-0.15, -0.1) is 0 Å². The quantitative estimate of drug-likeness (QED) is 0.650. The first kappa shape index (κ1) is 11.3. The first-order valence-electron chi connectivity index (χ1n) is 4.81. The van der Waals surface area contributed by atoms with E-state index in [0.29, 0.717) is 4.47 Å². The fourth-order valence-electron chi connectivity index (χ4n) is 1.22. The van der Waals surface area contributed by atoms with Gasteiger partial charge in [0.25, 0.3) is 0 Å². The molecule has 1 fully saturated rings. The highest BCUT2D eigenvalue weighted by Crippen LogP contribution is 2.25. The van der Waals surface area contributed by atoms with Gasteiger partial charge in [-0.3, -0.25) is 0 Å². The third kappa shape index (κ3) is 2.69. The summed E-state index contributed by atoms with van der Waals surface area (Å²) < 4.78 is 27.1. The predicted octanol–water partition coefficient (Wildman–Crippen LogP) is 2.62. The van der Waals surface area contributed by atoms with Crippen molar-refractivity contribution in [2.75, 3.05) is 5.32 Å². The molecule has 0 aliphatic heterocycles. The number of hydrogen-bond donors (Lipinski definition) is 2. The van der Waals surface area contributed by atoms with Gasteiger partial charge in [0.2, 0.25) is 0 Å². The van der Waals surface area contributed by atoms with Crippen LogP contribution in [0.25, 0.3) is 0 Å². The van der Waals surface area contributed by atoms with Crippen LogP contribution in [-0.4, -0.2) is 12.0 Å². The predicted molar refractivity (Wildman–Crippen MR) is 62.3 cm³/mol. The lowest BCUT2D eigenvalue weighted by molar-refractivity contribution is 0.589. The summed E-state index contributed by atoms with van der Waals surface area (Å²) >= 11 is 2.99. The van der Waals surface area contributed by atoms with Gasteiger partial charge in [0, 0.05) is 4.47 Å². The number of aliphatic imine (C=N–C) groups is 1. The molecule has 0 saturated heterocycles. The van der Waals surface area contributed by atoms with E-state index in [0.717, 1.165) is 25.0 Å². The zero-order chi connectivity index (χ0) is 11.7. The molecule has 1 aliphatic rings. The third-order valence-corrected chi connectivity index (χ3v) is 2.59. The molecule has 2 rings (SSSR count). The zero-order valence-electron chi connectivity index (χ0n) is 8.30. The van der Waals surface area contributed by atoms with Gasteiger partial charge in [-0.05, 0) is 25.0 Å². The van der Waals surface area contributed by atoms with Crippen molar-refractivity contribution in [3.8, 4) is 0 Å². The third-order valence-electron chi connectivity index (χ3n) is 2.13. The molecular weight excluding hydrogens is 280 g/mol. The van der Waals surface area contributed by atoms with Crippen LogP contribution in [0.2, 0.25) is 0 Å². The van der Waals surface area contributed by atoms with Gasteiger partial charge in [-0.1, -0.05) is 15.9 Å². The second-order valence-electron chi connectivity index (χ2n) is 3.61. The van der Waals surface area contributed by atoms with Crippen molar-refractivity contribution in [3.63, 3.8) is 0 Å². The second-order valence-corrected chi connectivity index (χ2v) is 4.53. The highest BCUT2D eigenvalue weighted by molar-refractivity contribution is 9.10. The normalized spacial score (nSPS) is 16.3. The van der Waals surface area contributed by atoms with Crippen LogP contribution in [0.4, 0.5) is 14.5 Å². The average molecular weight is 290 g/mol. The van der Waals surface area contributed by atoms with Gasteiger partial charge >= 0.3 is 0 Å². The Kier molecular flexibility index (Phi) is 3.09. The standard InChI is InChI=1S/C10H10BrF2N3/c11-5-3-7(12)9(8(13)4-5)16-10(14)15-6-1-2-6/h3-4,6H,1-2H2,(H3,14,15,16). The summed E-state index contributed by atoms with van der Waals surface area (Å²) in [6.07, 6.45) is 1.96. The number of rotatable bonds is 2. The van der Waals surface area contributed by atoms with E-state index >= 15 is 0 Å². The lowest BCUT2D eigenvalue weighted by Gasteiger charge is -2.08. The molecule has 3 nitrogen and oxygen atoms in total. The minimum atomic E-state index is -0.708. The summed E-state index contributed by atoms with van der Waals surface area (Å²) in [5.41, 5.74) is 5.24. The molecule has 0 amide bonds. The minimum Gasteiger partial charge on any atom is -0.370 e. The van der Waals surface area contributed by atoms with Crippen molar-refractivity contribution in [3.05, 3.63) is 28.2 Å². The van der Waals surface area contributed by atoms with Crippen molar-refractivity contribution in [1.29, 1.82) is 0 Å². The maximum Gasteiger partial charge on any atom is 0.193 e. The monoisotopic (exact) mass is 289 g/mol. The Morgan fingerprint density at radius 3 is 2.44 bits per heavy atom. The molecule has 3 N–H and O–H groups in total. The van der Waals surface area contributed by atoms with Crippen LogP contribution in [0.5, 0.6) is 0 Å². The summed E-state index contributed by atoms with van der Waals surface area (Å²) in [5, 5.41) is 2.43. The maximum absolute atomic E-state index is 13.4. The van der Waals surface area contributed by atoms with Crippen LogP contribution in [0.1, 0.15) is 12.8 Å². The van der Waals surface area contributed by atoms with Crippen molar-refractivity contribution < 1.29 is 8.78 Å².